The van der Waals surface area contributed by atoms with Crippen molar-refractivity contribution in [3.63, 3.8) is 0 Å². The van der Waals surface area contributed by atoms with Crippen molar-refractivity contribution in [1.82, 2.24) is 15.0 Å². The Morgan fingerprint density at radius 3 is 2.60 bits per heavy atom. The molecule has 1 aromatic carbocycles. The molecule has 0 aliphatic heterocycles. The van der Waals surface area contributed by atoms with Crippen LogP contribution in [-0.4, -0.2) is 15.0 Å². The number of nitrogens with zero attached hydrogens (tertiary/aromatic N) is 2. The highest BCUT2D eigenvalue weighted by molar-refractivity contribution is 5.82. The Hall–Kier alpha value is -2.37. The number of hydrogen-bond acceptors (Lipinski definition) is 2. The molecule has 0 atom stereocenters. The van der Waals surface area contributed by atoms with Crippen LogP contribution in [0.2, 0.25) is 0 Å². The van der Waals surface area contributed by atoms with Gasteiger partial charge in [0.15, 0.2) is 5.82 Å². The Labute approximate surface area is 112 Å². The molecule has 2 aromatic heterocycles. The first-order valence-corrected chi connectivity index (χ1v) is 5.94. The van der Waals surface area contributed by atoms with Gasteiger partial charge in [-0.2, -0.15) is 13.2 Å². The largest absolute Gasteiger partial charge is 0.416 e. The molecule has 20 heavy (non-hydrogen) atoms. The highest BCUT2D eigenvalue weighted by Gasteiger charge is 2.31. The SMILES string of the molecule is Cc1cc(C(F)(F)F)cc2[nH]c(-c3ccccn3)nc12. The molecule has 0 unspecified atom stereocenters. The molecule has 0 fully saturated rings. The second-order valence-corrected chi connectivity index (χ2v) is 4.49. The summed E-state index contributed by atoms with van der Waals surface area (Å²) in [5.74, 6) is 0.461. The Morgan fingerprint density at radius 2 is 1.95 bits per heavy atom. The quantitative estimate of drug-likeness (QED) is 0.731. The number of imidazole rings is 1. The smallest absolute Gasteiger partial charge is 0.337 e. The normalized spacial score (nSPS) is 12.0. The van der Waals surface area contributed by atoms with E-state index in [1.807, 2.05) is 0 Å². The molecule has 102 valence electrons. The lowest BCUT2D eigenvalue weighted by Crippen LogP contribution is -2.05. The highest BCUT2D eigenvalue weighted by Crippen LogP contribution is 2.33. The molecule has 2 heterocycles. The van der Waals surface area contributed by atoms with E-state index >= 15 is 0 Å². The fraction of sp³-hybridized carbons (Fsp3) is 0.143. The molecular weight excluding hydrogens is 267 g/mol. The first-order valence-electron chi connectivity index (χ1n) is 5.94. The second kappa shape index (κ2) is 4.33. The monoisotopic (exact) mass is 277 g/mol. The summed E-state index contributed by atoms with van der Waals surface area (Å²) in [6.45, 7) is 1.61. The van der Waals surface area contributed by atoms with E-state index in [9.17, 15) is 13.2 Å². The Bertz CT molecular complexity index is 760. The number of halogens is 3. The fourth-order valence-electron chi connectivity index (χ4n) is 2.08. The molecule has 3 nitrogen and oxygen atoms in total. The summed E-state index contributed by atoms with van der Waals surface area (Å²) in [7, 11) is 0. The van der Waals surface area contributed by atoms with Gasteiger partial charge in [-0.3, -0.25) is 4.98 Å². The molecule has 0 radical (unpaired) electrons. The van der Waals surface area contributed by atoms with Gasteiger partial charge in [0, 0.05) is 6.20 Å². The zero-order valence-electron chi connectivity index (χ0n) is 10.5. The predicted molar refractivity (Wildman–Crippen MR) is 69.1 cm³/mol. The molecule has 6 heteroatoms. The Balaban J connectivity index is 2.19. The molecule has 3 aromatic rings. The molecule has 0 bridgehead atoms. The van der Waals surface area contributed by atoms with E-state index in [0.29, 0.717) is 28.1 Å². The number of pyridine rings is 1. The minimum Gasteiger partial charge on any atom is -0.337 e. The topological polar surface area (TPSA) is 41.6 Å². The lowest BCUT2D eigenvalue weighted by molar-refractivity contribution is -0.137. The van der Waals surface area contributed by atoms with E-state index in [4.69, 9.17) is 0 Å². The van der Waals surface area contributed by atoms with Crippen LogP contribution in [0.1, 0.15) is 11.1 Å². The van der Waals surface area contributed by atoms with Crippen LogP contribution in [0, 0.1) is 6.92 Å². The van der Waals surface area contributed by atoms with Crippen LogP contribution in [0.15, 0.2) is 36.5 Å². The van der Waals surface area contributed by atoms with Crippen molar-refractivity contribution < 1.29 is 13.2 Å². The van der Waals surface area contributed by atoms with Gasteiger partial charge in [0.1, 0.15) is 5.69 Å². The molecule has 1 N–H and O–H groups in total. The Morgan fingerprint density at radius 1 is 1.15 bits per heavy atom. The van der Waals surface area contributed by atoms with E-state index in [-0.39, 0.29) is 0 Å². The number of aryl methyl sites for hydroxylation is 1. The maximum atomic E-state index is 12.8. The van der Waals surface area contributed by atoms with Gasteiger partial charge in [-0.05, 0) is 36.8 Å². The zero-order valence-corrected chi connectivity index (χ0v) is 10.5. The summed E-state index contributed by atoms with van der Waals surface area (Å²) >= 11 is 0. The third kappa shape index (κ3) is 2.13. The van der Waals surface area contributed by atoms with Crippen LogP contribution in [0.25, 0.3) is 22.6 Å². The molecule has 0 amide bonds. The van der Waals surface area contributed by atoms with Gasteiger partial charge in [-0.15, -0.1) is 0 Å². The third-order valence-corrected chi connectivity index (χ3v) is 3.01. The van der Waals surface area contributed by atoms with Crippen LogP contribution in [-0.2, 0) is 6.18 Å². The molecule has 0 aliphatic carbocycles. The summed E-state index contributed by atoms with van der Waals surface area (Å²) in [5, 5.41) is 0. The van der Waals surface area contributed by atoms with Gasteiger partial charge < -0.3 is 4.98 Å². The summed E-state index contributed by atoms with van der Waals surface area (Å²) in [4.78, 5) is 11.3. The lowest BCUT2D eigenvalue weighted by atomic mass is 10.1. The zero-order chi connectivity index (χ0) is 14.3. The van der Waals surface area contributed by atoms with Gasteiger partial charge in [-0.1, -0.05) is 6.07 Å². The maximum absolute atomic E-state index is 12.8. The van der Waals surface area contributed by atoms with Crippen molar-refractivity contribution in [2.45, 2.75) is 13.1 Å². The average molecular weight is 277 g/mol. The number of hydrogen-bond donors (Lipinski definition) is 1. The number of rotatable bonds is 1. The predicted octanol–water partition coefficient (Wildman–Crippen LogP) is 3.95. The fourth-order valence-corrected chi connectivity index (χ4v) is 2.08. The number of nitrogens with one attached hydrogen (secondary N) is 1. The minimum atomic E-state index is -4.37. The second-order valence-electron chi connectivity index (χ2n) is 4.49. The number of alkyl halides is 3. The van der Waals surface area contributed by atoms with Crippen LogP contribution in [0.5, 0.6) is 0 Å². The van der Waals surface area contributed by atoms with Crippen molar-refractivity contribution in [2.75, 3.05) is 0 Å². The van der Waals surface area contributed by atoms with Gasteiger partial charge in [0.25, 0.3) is 0 Å². The van der Waals surface area contributed by atoms with Gasteiger partial charge >= 0.3 is 6.18 Å². The molecule has 0 spiro atoms. The summed E-state index contributed by atoms with van der Waals surface area (Å²) < 4.78 is 38.3. The Kier molecular flexibility index (Phi) is 2.74. The molecule has 0 aliphatic rings. The van der Waals surface area contributed by atoms with Crippen molar-refractivity contribution in [1.29, 1.82) is 0 Å². The van der Waals surface area contributed by atoms with Gasteiger partial charge in [0.2, 0.25) is 0 Å². The van der Waals surface area contributed by atoms with Crippen LogP contribution < -0.4 is 0 Å². The van der Waals surface area contributed by atoms with Gasteiger partial charge in [-0.25, -0.2) is 4.98 Å². The first-order chi connectivity index (χ1) is 9.45. The standard InChI is InChI=1S/C14H10F3N3/c1-8-6-9(14(15,16)17)7-11-12(8)20-13(19-11)10-4-2-3-5-18-10/h2-7H,1H3,(H,19,20). The summed E-state index contributed by atoms with van der Waals surface area (Å²) in [6, 6.07) is 7.48. The number of aromatic nitrogens is 3. The van der Waals surface area contributed by atoms with E-state index in [2.05, 4.69) is 15.0 Å². The van der Waals surface area contributed by atoms with E-state index < -0.39 is 11.7 Å². The van der Waals surface area contributed by atoms with Crippen molar-refractivity contribution in [3.8, 4) is 11.5 Å². The molecular formula is C14H10F3N3. The summed E-state index contributed by atoms with van der Waals surface area (Å²) in [5.41, 5.74) is 1.28. The minimum absolute atomic E-state index is 0.359. The van der Waals surface area contributed by atoms with Crippen LogP contribution in [0.3, 0.4) is 0 Å². The molecule has 3 rings (SSSR count). The first kappa shape index (κ1) is 12.7. The highest BCUT2D eigenvalue weighted by atomic mass is 19.4. The number of H-pyrrole nitrogens is 1. The van der Waals surface area contributed by atoms with E-state index in [0.717, 1.165) is 12.1 Å². The van der Waals surface area contributed by atoms with E-state index in [1.54, 1.807) is 31.3 Å². The number of fused-ring (bicyclic) bond motifs is 1. The average Bonchev–Trinajstić information content (AvgIpc) is 2.83. The molecule has 0 saturated heterocycles. The maximum Gasteiger partial charge on any atom is 0.416 e. The number of aromatic amines is 1. The lowest BCUT2D eigenvalue weighted by Gasteiger charge is -2.07. The molecule has 0 saturated carbocycles. The summed E-state index contributed by atoms with van der Waals surface area (Å²) in [6.07, 6.45) is -2.76. The van der Waals surface area contributed by atoms with Crippen LogP contribution >= 0.6 is 0 Å². The number of benzene rings is 1. The van der Waals surface area contributed by atoms with Crippen molar-refractivity contribution >= 4 is 11.0 Å². The van der Waals surface area contributed by atoms with Crippen molar-refractivity contribution in [3.05, 3.63) is 47.7 Å². The van der Waals surface area contributed by atoms with Gasteiger partial charge in [0.05, 0.1) is 16.6 Å². The third-order valence-electron chi connectivity index (χ3n) is 3.01. The van der Waals surface area contributed by atoms with Crippen LogP contribution in [0.4, 0.5) is 13.2 Å². The van der Waals surface area contributed by atoms with Crippen molar-refractivity contribution in [2.24, 2.45) is 0 Å². The van der Waals surface area contributed by atoms with E-state index in [1.165, 1.54) is 0 Å².